The first-order valence-electron chi connectivity index (χ1n) is 5.50. The van der Waals surface area contributed by atoms with Crippen LogP contribution in [0.2, 0.25) is 0 Å². The maximum absolute atomic E-state index is 11.6. The van der Waals surface area contributed by atoms with Crippen molar-refractivity contribution in [2.75, 3.05) is 12.4 Å². The van der Waals surface area contributed by atoms with Gasteiger partial charge in [0.15, 0.2) is 5.11 Å². The Labute approximate surface area is 111 Å². The Hall–Kier alpha value is -1.95. The molecule has 0 spiro atoms. The van der Waals surface area contributed by atoms with Crippen LogP contribution in [0, 0.1) is 0 Å². The summed E-state index contributed by atoms with van der Waals surface area (Å²) in [6.45, 7) is 1.73. The molecule has 2 amide bonds. The summed E-state index contributed by atoms with van der Waals surface area (Å²) in [6, 6.07) is 6.92. The molecule has 1 rings (SSSR count). The molecule has 0 unspecified atom stereocenters. The molecule has 1 aromatic carbocycles. The van der Waals surface area contributed by atoms with Crippen molar-refractivity contribution >= 4 is 34.8 Å². The van der Waals surface area contributed by atoms with Crippen LogP contribution in [0.15, 0.2) is 24.3 Å². The summed E-state index contributed by atoms with van der Waals surface area (Å²) < 4.78 is 0. The van der Waals surface area contributed by atoms with Gasteiger partial charge in [-0.1, -0.05) is 19.1 Å². The minimum Gasteiger partial charge on any atom is -0.355 e. The van der Waals surface area contributed by atoms with Gasteiger partial charge in [-0.25, -0.2) is 0 Å². The number of para-hydroxylation sites is 1. The second-order valence-corrected chi connectivity index (χ2v) is 3.89. The summed E-state index contributed by atoms with van der Waals surface area (Å²) in [4.78, 5) is 22.8. The molecule has 0 aromatic heterocycles. The van der Waals surface area contributed by atoms with Gasteiger partial charge in [-0.15, -0.1) is 0 Å². The molecule has 0 heterocycles. The third-order valence-corrected chi connectivity index (χ3v) is 2.43. The van der Waals surface area contributed by atoms with E-state index in [2.05, 4.69) is 16.0 Å². The number of benzene rings is 1. The first kappa shape index (κ1) is 14.1. The molecule has 1 aromatic rings. The average Bonchev–Trinajstić information content (AvgIpc) is 2.38. The third kappa shape index (κ3) is 3.81. The fourth-order valence-electron chi connectivity index (χ4n) is 1.29. The number of hydrogen-bond donors (Lipinski definition) is 3. The summed E-state index contributed by atoms with van der Waals surface area (Å²) in [6.07, 6.45) is 0.346. The second kappa shape index (κ2) is 6.70. The van der Waals surface area contributed by atoms with Crippen LogP contribution in [0.4, 0.5) is 5.69 Å². The topological polar surface area (TPSA) is 70.2 Å². The van der Waals surface area contributed by atoms with E-state index in [1.165, 1.54) is 0 Å². The van der Waals surface area contributed by atoms with Crippen molar-refractivity contribution in [1.82, 2.24) is 10.6 Å². The van der Waals surface area contributed by atoms with Crippen LogP contribution in [-0.4, -0.2) is 24.0 Å². The Bertz CT molecular complexity index is 474. The fourth-order valence-corrected chi connectivity index (χ4v) is 1.52. The van der Waals surface area contributed by atoms with Crippen LogP contribution in [0.3, 0.4) is 0 Å². The zero-order valence-electron chi connectivity index (χ0n) is 10.2. The Kier molecular flexibility index (Phi) is 5.26. The highest BCUT2D eigenvalue weighted by Crippen LogP contribution is 2.14. The van der Waals surface area contributed by atoms with Gasteiger partial charge in [0.05, 0.1) is 11.3 Å². The normalized spacial score (nSPS) is 9.44. The number of hydrogen-bond acceptors (Lipinski definition) is 3. The van der Waals surface area contributed by atoms with E-state index in [0.29, 0.717) is 17.7 Å². The zero-order valence-corrected chi connectivity index (χ0v) is 11.1. The molecule has 0 fully saturated rings. The molecule has 0 aliphatic carbocycles. The summed E-state index contributed by atoms with van der Waals surface area (Å²) in [5.74, 6) is -0.396. The number of carbonyl (C=O) groups excluding carboxylic acids is 2. The van der Waals surface area contributed by atoms with Crippen LogP contribution in [0.5, 0.6) is 0 Å². The molecule has 0 bridgehead atoms. The van der Waals surface area contributed by atoms with Crippen LogP contribution >= 0.6 is 12.2 Å². The lowest BCUT2D eigenvalue weighted by molar-refractivity contribution is -0.119. The van der Waals surface area contributed by atoms with Crippen molar-refractivity contribution in [1.29, 1.82) is 0 Å². The number of anilines is 1. The first-order chi connectivity index (χ1) is 8.58. The monoisotopic (exact) mass is 265 g/mol. The number of carbonyl (C=O) groups is 2. The largest absolute Gasteiger partial charge is 0.355 e. The van der Waals surface area contributed by atoms with Crippen molar-refractivity contribution in [3.63, 3.8) is 0 Å². The Balaban J connectivity index is 2.81. The lowest BCUT2D eigenvalue weighted by Gasteiger charge is -2.12. The van der Waals surface area contributed by atoms with E-state index < -0.39 is 0 Å². The van der Waals surface area contributed by atoms with E-state index in [4.69, 9.17) is 12.2 Å². The number of thiocarbonyl (C=S) groups is 1. The molecule has 3 N–H and O–H groups in total. The molecule has 18 heavy (non-hydrogen) atoms. The molecule has 0 aliphatic rings. The quantitative estimate of drug-likeness (QED) is 0.720. The standard InChI is InChI=1S/C12H15N3O2S/c1-3-10(16)15-12(18)14-9-7-5-4-6-8(9)11(17)13-2/h4-7H,3H2,1-2H3,(H,13,17)(H2,14,15,16,18). The Morgan fingerprint density at radius 2 is 1.94 bits per heavy atom. The highest BCUT2D eigenvalue weighted by Gasteiger charge is 2.10. The lowest BCUT2D eigenvalue weighted by Crippen LogP contribution is -2.34. The predicted octanol–water partition coefficient (Wildman–Crippen LogP) is 1.27. The van der Waals surface area contributed by atoms with Crippen molar-refractivity contribution in [2.45, 2.75) is 13.3 Å². The van der Waals surface area contributed by atoms with E-state index in [1.807, 2.05) is 0 Å². The summed E-state index contributed by atoms with van der Waals surface area (Å²) in [5.41, 5.74) is 1.02. The molecular weight excluding hydrogens is 250 g/mol. The van der Waals surface area contributed by atoms with Gasteiger partial charge in [0, 0.05) is 13.5 Å². The van der Waals surface area contributed by atoms with E-state index in [-0.39, 0.29) is 16.9 Å². The van der Waals surface area contributed by atoms with E-state index in [9.17, 15) is 9.59 Å². The van der Waals surface area contributed by atoms with Gasteiger partial charge < -0.3 is 16.0 Å². The second-order valence-electron chi connectivity index (χ2n) is 3.48. The molecule has 0 saturated heterocycles. The number of nitrogens with one attached hydrogen (secondary N) is 3. The van der Waals surface area contributed by atoms with Gasteiger partial charge in [-0.2, -0.15) is 0 Å². The molecule has 0 atom stereocenters. The van der Waals surface area contributed by atoms with E-state index in [1.54, 1.807) is 38.2 Å². The van der Waals surface area contributed by atoms with Crippen molar-refractivity contribution in [3.8, 4) is 0 Å². The predicted molar refractivity (Wildman–Crippen MR) is 74.5 cm³/mol. The molecule has 0 saturated carbocycles. The third-order valence-electron chi connectivity index (χ3n) is 2.22. The van der Waals surface area contributed by atoms with E-state index in [0.717, 1.165) is 0 Å². The molecule has 6 heteroatoms. The molecule has 5 nitrogen and oxygen atoms in total. The molecule has 0 aliphatic heterocycles. The van der Waals surface area contributed by atoms with Gasteiger partial charge in [0.2, 0.25) is 5.91 Å². The minimum atomic E-state index is -0.220. The summed E-state index contributed by atoms with van der Waals surface area (Å²) >= 11 is 4.99. The molecular formula is C12H15N3O2S. The van der Waals surface area contributed by atoms with Crippen LogP contribution in [0.25, 0.3) is 0 Å². The maximum Gasteiger partial charge on any atom is 0.253 e. The van der Waals surface area contributed by atoms with Crippen LogP contribution in [-0.2, 0) is 4.79 Å². The van der Waals surface area contributed by atoms with Crippen LogP contribution in [0.1, 0.15) is 23.7 Å². The van der Waals surface area contributed by atoms with Crippen molar-refractivity contribution in [2.24, 2.45) is 0 Å². The lowest BCUT2D eigenvalue weighted by atomic mass is 10.1. The van der Waals surface area contributed by atoms with Crippen molar-refractivity contribution in [3.05, 3.63) is 29.8 Å². The first-order valence-corrected chi connectivity index (χ1v) is 5.91. The Morgan fingerprint density at radius 3 is 2.56 bits per heavy atom. The summed E-state index contributed by atoms with van der Waals surface area (Å²) in [5, 5.41) is 8.06. The number of amides is 2. The highest BCUT2D eigenvalue weighted by molar-refractivity contribution is 7.80. The van der Waals surface area contributed by atoms with E-state index >= 15 is 0 Å². The minimum absolute atomic E-state index is 0.176. The van der Waals surface area contributed by atoms with Crippen LogP contribution < -0.4 is 16.0 Å². The smallest absolute Gasteiger partial charge is 0.253 e. The van der Waals surface area contributed by atoms with Gasteiger partial charge in [-0.3, -0.25) is 9.59 Å². The average molecular weight is 265 g/mol. The van der Waals surface area contributed by atoms with Gasteiger partial charge in [-0.05, 0) is 24.4 Å². The fraction of sp³-hybridized carbons (Fsp3) is 0.250. The highest BCUT2D eigenvalue weighted by atomic mass is 32.1. The van der Waals surface area contributed by atoms with Crippen molar-refractivity contribution < 1.29 is 9.59 Å². The van der Waals surface area contributed by atoms with Gasteiger partial charge in [0.1, 0.15) is 0 Å². The van der Waals surface area contributed by atoms with Gasteiger partial charge >= 0.3 is 0 Å². The molecule has 96 valence electrons. The maximum atomic E-state index is 11.6. The SMILES string of the molecule is CCC(=O)NC(=S)Nc1ccccc1C(=O)NC. The van der Waals surface area contributed by atoms with Gasteiger partial charge in [0.25, 0.3) is 5.91 Å². The number of rotatable bonds is 3. The summed E-state index contributed by atoms with van der Waals surface area (Å²) in [7, 11) is 1.55. The Morgan fingerprint density at radius 1 is 1.28 bits per heavy atom. The zero-order chi connectivity index (χ0) is 13.5. The molecule has 0 radical (unpaired) electrons.